The molecule has 1 N–H and O–H groups in total. The Morgan fingerprint density at radius 2 is 1.94 bits per heavy atom. The summed E-state index contributed by atoms with van der Waals surface area (Å²) in [6.45, 7) is -0.497. The minimum Gasteiger partial charge on any atom is -0.274 e. The van der Waals surface area contributed by atoms with Gasteiger partial charge in [0.15, 0.2) is 0 Å². The third-order valence-corrected chi connectivity index (χ3v) is 2.71. The zero-order valence-corrected chi connectivity index (χ0v) is 10.3. The van der Waals surface area contributed by atoms with Crippen molar-refractivity contribution < 1.29 is 21.6 Å². The topological polar surface area (TPSA) is 86.0 Å². The minimum absolute atomic E-state index is 0.215. The lowest BCUT2D eigenvalue weighted by Gasteiger charge is -2.02. The SMILES string of the molecule is Cn1c(C(F)(F)F)nn(CCNS(C)(=O)=O)c1=O. The van der Waals surface area contributed by atoms with E-state index in [1.165, 1.54) is 0 Å². The predicted molar refractivity (Wildman–Crippen MR) is 55.3 cm³/mol. The molecule has 1 rings (SSSR count). The molecule has 18 heavy (non-hydrogen) atoms. The highest BCUT2D eigenvalue weighted by Crippen LogP contribution is 2.25. The lowest BCUT2D eigenvalue weighted by molar-refractivity contribution is -0.147. The van der Waals surface area contributed by atoms with E-state index in [9.17, 15) is 26.4 Å². The van der Waals surface area contributed by atoms with Crippen LogP contribution >= 0.6 is 0 Å². The van der Waals surface area contributed by atoms with E-state index < -0.39 is 27.7 Å². The summed E-state index contributed by atoms with van der Waals surface area (Å²) in [4.78, 5) is 11.4. The van der Waals surface area contributed by atoms with Crippen molar-refractivity contribution in [2.24, 2.45) is 7.05 Å². The van der Waals surface area contributed by atoms with Gasteiger partial charge in [0.25, 0.3) is 0 Å². The molecule has 0 aliphatic carbocycles. The Labute approximate surface area is 100 Å². The van der Waals surface area contributed by atoms with Gasteiger partial charge in [-0.25, -0.2) is 22.6 Å². The van der Waals surface area contributed by atoms with E-state index in [0.717, 1.165) is 13.3 Å². The quantitative estimate of drug-likeness (QED) is 0.782. The first kappa shape index (κ1) is 14.7. The number of sulfonamides is 1. The Balaban J connectivity index is 2.90. The normalized spacial score (nSPS) is 12.9. The molecule has 1 aromatic rings. The lowest BCUT2D eigenvalue weighted by Crippen LogP contribution is -2.31. The van der Waals surface area contributed by atoms with Gasteiger partial charge in [0.2, 0.25) is 15.8 Å². The van der Waals surface area contributed by atoms with Crippen LogP contribution in [-0.2, 0) is 29.8 Å². The molecule has 0 bridgehead atoms. The third-order valence-electron chi connectivity index (χ3n) is 1.98. The van der Waals surface area contributed by atoms with E-state index in [0.29, 0.717) is 9.25 Å². The van der Waals surface area contributed by atoms with E-state index >= 15 is 0 Å². The van der Waals surface area contributed by atoms with Gasteiger partial charge in [-0.3, -0.25) is 4.57 Å². The van der Waals surface area contributed by atoms with Crippen LogP contribution in [0, 0.1) is 0 Å². The summed E-state index contributed by atoms with van der Waals surface area (Å²) in [5.41, 5.74) is -0.961. The molecule has 0 fully saturated rings. The maximum Gasteiger partial charge on any atom is 0.451 e. The number of rotatable bonds is 4. The summed E-state index contributed by atoms with van der Waals surface area (Å²) in [5, 5.41) is 3.11. The molecule has 104 valence electrons. The molecule has 0 amide bonds. The molecule has 7 nitrogen and oxygen atoms in total. The van der Waals surface area contributed by atoms with E-state index in [4.69, 9.17) is 0 Å². The molecule has 0 aromatic carbocycles. The molecular formula is C7H11F3N4O3S. The second kappa shape index (κ2) is 4.72. The first-order chi connectivity index (χ1) is 8.02. The van der Waals surface area contributed by atoms with Crippen LogP contribution in [0.2, 0.25) is 0 Å². The number of halogens is 3. The Bertz CT molecular complexity index is 586. The molecule has 0 atom stereocenters. The molecule has 1 aromatic heterocycles. The fraction of sp³-hybridized carbons (Fsp3) is 0.714. The molecule has 0 unspecified atom stereocenters. The van der Waals surface area contributed by atoms with Gasteiger partial charge in [0.05, 0.1) is 12.8 Å². The van der Waals surface area contributed by atoms with Crippen LogP contribution in [0.1, 0.15) is 5.82 Å². The molecule has 0 spiro atoms. The van der Waals surface area contributed by atoms with Crippen molar-refractivity contribution in [3.05, 3.63) is 16.3 Å². The largest absolute Gasteiger partial charge is 0.451 e. The molecule has 0 saturated heterocycles. The van der Waals surface area contributed by atoms with Gasteiger partial charge >= 0.3 is 11.9 Å². The van der Waals surface area contributed by atoms with Crippen LogP contribution < -0.4 is 10.4 Å². The first-order valence-electron chi connectivity index (χ1n) is 4.68. The summed E-state index contributed by atoms with van der Waals surface area (Å²) in [6.07, 6.45) is -3.83. The lowest BCUT2D eigenvalue weighted by atomic mass is 10.6. The average Bonchev–Trinajstić information content (AvgIpc) is 2.43. The number of hydrogen-bond donors (Lipinski definition) is 1. The van der Waals surface area contributed by atoms with Crippen molar-refractivity contribution in [2.45, 2.75) is 12.7 Å². The number of alkyl halides is 3. The summed E-state index contributed by atoms with van der Waals surface area (Å²) in [5.74, 6) is -1.33. The van der Waals surface area contributed by atoms with Gasteiger partial charge in [0.1, 0.15) is 0 Å². The van der Waals surface area contributed by atoms with Gasteiger partial charge in [-0.2, -0.15) is 13.2 Å². The Kier molecular flexibility index (Phi) is 3.86. The van der Waals surface area contributed by atoms with Crippen molar-refractivity contribution in [2.75, 3.05) is 12.8 Å². The van der Waals surface area contributed by atoms with Crippen molar-refractivity contribution in [3.63, 3.8) is 0 Å². The molecule has 1 heterocycles. The van der Waals surface area contributed by atoms with Crippen LogP contribution in [0.25, 0.3) is 0 Å². The highest BCUT2D eigenvalue weighted by molar-refractivity contribution is 7.88. The first-order valence-corrected chi connectivity index (χ1v) is 6.57. The monoisotopic (exact) mass is 288 g/mol. The van der Waals surface area contributed by atoms with Gasteiger partial charge in [-0.05, 0) is 0 Å². The summed E-state index contributed by atoms with van der Waals surface area (Å²) >= 11 is 0. The van der Waals surface area contributed by atoms with Crippen LogP contribution in [0.5, 0.6) is 0 Å². The summed E-state index contributed by atoms with van der Waals surface area (Å²) in [6, 6.07) is 0. The van der Waals surface area contributed by atoms with Crippen molar-refractivity contribution in [3.8, 4) is 0 Å². The highest BCUT2D eigenvalue weighted by Gasteiger charge is 2.37. The minimum atomic E-state index is -4.73. The van der Waals surface area contributed by atoms with Crippen molar-refractivity contribution in [1.82, 2.24) is 19.1 Å². The third kappa shape index (κ3) is 3.57. The Hall–Kier alpha value is -1.36. The maximum atomic E-state index is 12.4. The highest BCUT2D eigenvalue weighted by atomic mass is 32.2. The molecule has 0 aliphatic heterocycles. The fourth-order valence-corrected chi connectivity index (χ4v) is 1.68. The summed E-state index contributed by atoms with van der Waals surface area (Å²) in [7, 11) is -2.52. The van der Waals surface area contributed by atoms with Crippen LogP contribution in [0.15, 0.2) is 4.79 Å². The average molecular weight is 288 g/mol. The van der Waals surface area contributed by atoms with Gasteiger partial charge < -0.3 is 0 Å². The van der Waals surface area contributed by atoms with Gasteiger partial charge in [-0.15, -0.1) is 5.10 Å². The standard InChI is InChI=1S/C7H11F3N4O3S/c1-13-5(7(8,9)10)12-14(6(13)15)4-3-11-18(2,16)17/h11H,3-4H2,1-2H3. The van der Waals surface area contributed by atoms with Crippen molar-refractivity contribution in [1.29, 1.82) is 0 Å². The van der Waals surface area contributed by atoms with Crippen LogP contribution in [-0.4, -0.2) is 35.6 Å². The van der Waals surface area contributed by atoms with E-state index in [2.05, 4.69) is 5.10 Å². The van der Waals surface area contributed by atoms with Gasteiger partial charge in [-0.1, -0.05) is 0 Å². The molecule has 0 aliphatic rings. The number of nitrogens with one attached hydrogen (secondary N) is 1. The van der Waals surface area contributed by atoms with Crippen molar-refractivity contribution >= 4 is 10.0 Å². The number of aromatic nitrogens is 3. The number of nitrogens with zero attached hydrogens (tertiary/aromatic N) is 3. The predicted octanol–water partition coefficient (Wildman–Crippen LogP) is -0.850. The zero-order chi connectivity index (χ0) is 14.1. The Morgan fingerprint density at radius 3 is 2.33 bits per heavy atom. The molecule has 11 heteroatoms. The van der Waals surface area contributed by atoms with Crippen LogP contribution in [0.4, 0.5) is 13.2 Å². The van der Waals surface area contributed by atoms with E-state index in [1.807, 2.05) is 4.72 Å². The second-order valence-corrected chi connectivity index (χ2v) is 5.39. The van der Waals surface area contributed by atoms with Gasteiger partial charge in [0, 0.05) is 13.6 Å². The number of hydrogen-bond acceptors (Lipinski definition) is 4. The smallest absolute Gasteiger partial charge is 0.274 e. The zero-order valence-electron chi connectivity index (χ0n) is 9.52. The molecule has 0 saturated carbocycles. The van der Waals surface area contributed by atoms with E-state index in [-0.39, 0.29) is 13.1 Å². The summed E-state index contributed by atoms with van der Waals surface area (Å²) < 4.78 is 61.7. The maximum absolute atomic E-state index is 12.4. The van der Waals surface area contributed by atoms with E-state index in [1.54, 1.807) is 0 Å². The fourth-order valence-electron chi connectivity index (χ4n) is 1.22. The Morgan fingerprint density at radius 1 is 1.39 bits per heavy atom. The molecular weight excluding hydrogens is 277 g/mol. The molecule has 0 radical (unpaired) electrons. The second-order valence-electron chi connectivity index (χ2n) is 3.55. The van der Waals surface area contributed by atoms with Crippen LogP contribution in [0.3, 0.4) is 0 Å².